The van der Waals surface area contributed by atoms with Crippen LogP contribution in [-0.4, -0.2) is 39.8 Å². The summed E-state index contributed by atoms with van der Waals surface area (Å²) in [6.45, 7) is 0.220. The number of nitrogens with one attached hydrogen (secondary N) is 1. The van der Waals surface area contributed by atoms with Crippen LogP contribution in [-0.2, 0) is 0 Å². The molecule has 3 rings (SSSR count). The number of carbonyl (C=O) groups is 1. The number of hydrogen-bond donors (Lipinski definition) is 2. The highest BCUT2D eigenvalue weighted by Gasteiger charge is 2.32. The van der Waals surface area contributed by atoms with Crippen molar-refractivity contribution < 1.29 is 14.4 Å². The van der Waals surface area contributed by atoms with Gasteiger partial charge in [0.05, 0.1) is 5.60 Å². The van der Waals surface area contributed by atoms with Crippen molar-refractivity contribution in [2.24, 2.45) is 0 Å². The Balaban J connectivity index is 1.67. The largest absolute Gasteiger partial charge is 0.387 e. The molecule has 5 nitrogen and oxygen atoms in total. The molecule has 2 heterocycles. The minimum atomic E-state index is -0.820. The molecule has 0 bridgehead atoms. The van der Waals surface area contributed by atoms with E-state index in [2.05, 4.69) is 10.5 Å². The van der Waals surface area contributed by atoms with E-state index in [9.17, 15) is 9.90 Å². The Morgan fingerprint density at radius 3 is 3.09 bits per heavy atom. The number of aromatic nitrogens is 1. The first-order chi connectivity index (χ1) is 10.6. The monoisotopic (exact) mass is 338 g/mol. The smallest absolute Gasteiger partial charge is 0.273 e. The van der Waals surface area contributed by atoms with Gasteiger partial charge in [-0.3, -0.25) is 4.79 Å². The SMILES string of the molecule is O=C(NCC1(O)CCSC1)c1cc(-c2cccc(Cl)c2)on1. The molecule has 1 aromatic heterocycles. The number of carbonyl (C=O) groups excluding carboxylic acids is 1. The van der Waals surface area contributed by atoms with Crippen LogP contribution in [0, 0.1) is 0 Å². The molecule has 2 N–H and O–H groups in total. The van der Waals surface area contributed by atoms with Gasteiger partial charge in [0, 0.05) is 29.0 Å². The molecule has 1 unspecified atom stereocenters. The quantitative estimate of drug-likeness (QED) is 0.896. The molecule has 0 radical (unpaired) electrons. The van der Waals surface area contributed by atoms with E-state index in [-0.39, 0.29) is 18.1 Å². The summed E-state index contributed by atoms with van der Waals surface area (Å²) in [4.78, 5) is 12.1. The van der Waals surface area contributed by atoms with Crippen molar-refractivity contribution in [2.75, 3.05) is 18.1 Å². The molecule has 0 aliphatic carbocycles. The van der Waals surface area contributed by atoms with Gasteiger partial charge in [-0.25, -0.2) is 0 Å². The van der Waals surface area contributed by atoms with Crippen LogP contribution in [0.1, 0.15) is 16.9 Å². The average molecular weight is 339 g/mol. The number of amides is 1. The Kier molecular flexibility index (Phi) is 4.42. The Hall–Kier alpha value is -1.50. The molecule has 2 aromatic rings. The maximum Gasteiger partial charge on any atom is 0.273 e. The highest BCUT2D eigenvalue weighted by Crippen LogP contribution is 2.27. The van der Waals surface area contributed by atoms with Crippen molar-refractivity contribution >= 4 is 29.3 Å². The first kappa shape index (κ1) is 15.4. The molecule has 7 heteroatoms. The van der Waals surface area contributed by atoms with Gasteiger partial charge in [0.2, 0.25) is 0 Å². The van der Waals surface area contributed by atoms with Crippen molar-refractivity contribution in [1.29, 1.82) is 0 Å². The van der Waals surface area contributed by atoms with Gasteiger partial charge in [-0.15, -0.1) is 0 Å². The number of hydrogen-bond acceptors (Lipinski definition) is 5. The fraction of sp³-hybridized carbons (Fsp3) is 0.333. The van der Waals surface area contributed by atoms with Crippen molar-refractivity contribution in [3.8, 4) is 11.3 Å². The second kappa shape index (κ2) is 6.32. The summed E-state index contributed by atoms with van der Waals surface area (Å²) in [5.74, 6) is 1.67. The average Bonchev–Trinajstić information content (AvgIpc) is 3.15. The zero-order valence-electron chi connectivity index (χ0n) is 11.7. The van der Waals surface area contributed by atoms with E-state index in [1.807, 2.05) is 6.07 Å². The number of halogens is 1. The lowest BCUT2D eigenvalue weighted by atomic mass is 10.0. The fourth-order valence-electron chi connectivity index (χ4n) is 2.23. The molecule has 1 fully saturated rings. The lowest BCUT2D eigenvalue weighted by molar-refractivity contribution is 0.0609. The van der Waals surface area contributed by atoms with Gasteiger partial charge in [0.15, 0.2) is 11.5 Å². The van der Waals surface area contributed by atoms with Crippen molar-refractivity contribution in [1.82, 2.24) is 10.5 Å². The van der Waals surface area contributed by atoms with Crippen molar-refractivity contribution in [3.05, 3.63) is 41.0 Å². The van der Waals surface area contributed by atoms with E-state index in [1.54, 1.807) is 36.0 Å². The van der Waals surface area contributed by atoms with E-state index < -0.39 is 5.60 Å². The number of thioether (sulfide) groups is 1. The van der Waals surface area contributed by atoms with Gasteiger partial charge in [0.1, 0.15) is 0 Å². The van der Waals surface area contributed by atoms with Crippen LogP contribution >= 0.6 is 23.4 Å². The predicted octanol–water partition coefficient (Wildman–Crippen LogP) is 2.59. The molecule has 22 heavy (non-hydrogen) atoms. The number of nitrogens with zero attached hydrogens (tertiary/aromatic N) is 1. The number of aliphatic hydroxyl groups is 1. The van der Waals surface area contributed by atoms with Crippen LogP contribution in [0.15, 0.2) is 34.9 Å². The van der Waals surface area contributed by atoms with Crippen LogP contribution < -0.4 is 5.32 Å². The molecule has 1 atom stereocenters. The van der Waals surface area contributed by atoms with E-state index in [0.29, 0.717) is 23.0 Å². The van der Waals surface area contributed by atoms with E-state index in [0.717, 1.165) is 11.3 Å². The third-order valence-electron chi connectivity index (χ3n) is 3.51. The maximum absolute atomic E-state index is 12.1. The maximum atomic E-state index is 12.1. The predicted molar refractivity (Wildman–Crippen MR) is 86.2 cm³/mol. The van der Waals surface area contributed by atoms with Gasteiger partial charge in [-0.1, -0.05) is 28.9 Å². The van der Waals surface area contributed by atoms with Crippen LogP contribution in [0.5, 0.6) is 0 Å². The van der Waals surface area contributed by atoms with Gasteiger partial charge >= 0.3 is 0 Å². The first-order valence-electron chi connectivity index (χ1n) is 6.87. The zero-order valence-corrected chi connectivity index (χ0v) is 13.3. The summed E-state index contributed by atoms with van der Waals surface area (Å²) in [5.41, 5.74) is 0.119. The molecule has 1 saturated heterocycles. The Bertz CT molecular complexity index is 683. The normalized spacial score (nSPS) is 21.0. The minimum absolute atomic E-state index is 0.184. The summed E-state index contributed by atoms with van der Waals surface area (Å²) in [7, 11) is 0. The summed E-state index contributed by atoms with van der Waals surface area (Å²) < 4.78 is 5.19. The van der Waals surface area contributed by atoms with Crippen LogP contribution in [0.25, 0.3) is 11.3 Å². The third kappa shape index (κ3) is 3.45. The summed E-state index contributed by atoms with van der Waals surface area (Å²) in [6, 6.07) is 8.69. The standard InChI is InChI=1S/C15H15ClN2O3S/c16-11-3-1-2-10(6-11)13-7-12(18-21-13)14(19)17-8-15(20)4-5-22-9-15/h1-3,6-7,20H,4-5,8-9H2,(H,17,19). The lowest BCUT2D eigenvalue weighted by Gasteiger charge is -2.20. The Morgan fingerprint density at radius 2 is 2.36 bits per heavy atom. The molecule has 0 saturated carbocycles. The van der Waals surface area contributed by atoms with Gasteiger partial charge in [-0.2, -0.15) is 11.8 Å². The van der Waals surface area contributed by atoms with Gasteiger partial charge in [0.25, 0.3) is 5.91 Å². The summed E-state index contributed by atoms with van der Waals surface area (Å²) >= 11 is 7.61. The van der Waals surface area contributed by atoms with Crippen LogP contribution in [0.2, 0.25) is 5.02 Å². The summed E-state index contributed by atoms with van der Waals surface area (Å²) in [5, 5.41) is 17.3. The molecule has 1 aliphatic rings. The molecule has 0 spiro atoms. The molecular weight excluding hydrogens is 324 g/mol. The zero-order chi connectivity index (χ0) is 15.6. The fourth-order valence-corrected chi connectivity index (χ4v) is 3.72. The summed E-state index contributed by atoms with van der Waals surface area (Å²) in [6.07, 6.45) is 0.685. The molecule has 1 amide bonds. The Morgan fingerprint density at radius 1 is 1.50 bits per heavy atom. The molecular formula is C15H15ClN2O3S. The van der Waals surface area contributed by atoms with Gasteiger partial charge in [-0.05, 0) is 24.3 Å². The highest BCUT2D eigenvalue weighted by atomic mass is 35.5. The highest BCUT2D eigenvalue weighted by molar-refractivity contribution is 7.99. The molecule has 1 aliphatic heterocycles. The number of rotatable bonds is 4. The third-order valence-corrected chi connectivity index (χ3v) is 4.98. The van der Waals surface area contributed by atoms with Crippen LogP contribution in [0.4, 0.5) is 0 Å². The first-order valence-corrected chi connectivity index (χ1v) is 8.40. The Labute approximate surface area is 137 Å². The second-order valence-electron chi connectivity index (χ2n) is 5.30. The minimum Gasteiger partial charge on any atom is -0.387 e. The van der Waals surface area contributed by atoms with Crippen LogP contribution in [0.3, 0.4) is 0 Å². The van der Waals surface area contributed by atoms with E-state index >= 15 is 0 Å². The van der Waals surface area contributed by atoms with Crippen molar-refractivity contribution in [2.45, 2.75) is 12.0 Å². The molecule has 116 valence electrons. The lowest BCUT2D eigenvalue weighted by Crippen LogP contribution is -2.43. The van der Waals surface area contributed by atoms with Crippen molar-refractivity contribution in [3.63, 3.8) is 0 Å². The van der Waals surface area contributed by atoms with E-state index in [4.69, 9.17) is 16.1 Å². The molecule has 1 aromatic carbocycles. The topological polar surface area (TPSA) is 75.4 Å². The van der Waals surface area contributed by atoms with Gasteiger partial charge < -0.3 is 14.9 Å². The second-order valence-corrected chi connectivity index (χ2v) is 6.84. The van der Waals surface area contributed by atoms with E-state index in [1.165, 1.54) is 0 Å². The number of benzene rings is 1.